The summed E-state index contributed by atoms with van der Waals surface area (Å²) in [5.41, 5.74) is 1.53. The van der Waals surface area contributed by atoms with Gasteiger partial charge in [0.1, 0.15) is 5.82 Å². The number of nitrogens with zero attached hydrogens (tertiary/aromatic N) is 1. The Balaban J connectivity index is 2.18. The molecule has 0 aliphatic rings. The molecule has 1 aromatic heterocycles. The molecule has 2 aromatic rings. The van der Waals surface area contributed by atoms with Crippen LogP contribution in [0, 0.1) is 19.7 Å². The van der Waals surface area contributed by atoms with Gasteiger partial charge in [-0.25, -0.2) is 4.39 Å². The van der Waals surface area contributed by atoms with E-state index >= 15 is 0 Å². The van der Waals surface area contributed by atoms with Crippen LogP contribution < -0.4 is 5.32 Å². The number of hydrogen-bond acceptors (Lipinski definition) is 2. The molecule has 1 N–H and O–H groups in total. The number of pyridine rings is 1. The number of alkyl halides is 3. The molecule has 1 aromatic carbocycles. The summed E-state index contributed by atoms with van der Waals surface area (Å²) in [5.74, 6) is -0.902. The van der Waals surface area contributed by atoms with E-state index in [-0.39, 0.29) is 12.1 Å². The van der Waals surface area contributed by atoms with Crippen LogP contribution in [0.2, 0.25) is 0 Å². The maximum Gasteiger partial charge on any atom is 0.416 e. The molecule has 0 aliphatic heterocycles. The molecule has 2 rings (SSSR count). The first-order valence-corrected chi connectivity index (χ1v) is 6.30. The summed E-state index contributed by atoms with van der Waals surface area (Å²) in [6.07, 6.45) is -4.56. The number of anilines is 1. The second kappa shape index (κ2) is 5.71. The van der Waals surface area contributed by atoms with Gasteiger partial charge in [0.15, 0.2) is 0 Å². The van der Waals surface area contributed by atoms with Crippen LogP contribution in [0.5, 0.6) is 0 Å². The van der Waals surface area contributed by atoms with Crippen LogP contribution in [0.4, 0.5) is 23.2 Å². The lowest BCUT2D eigenvalue weighted by Gasteiger charge is -2.12. The molecule has 1 heterocycles. The maximum absolute atomic E-state index is 13.3. The molecule has 0 saturated carbocycles. The summed E-state index contributed by atoms with van der Waals surface area (Å²) in [6, 6.07) is 6.10. The van der Waals surface area contributed by atoms with Crippen molar-refractivity contribution in [3.8, 4) is 0 Å². The molecule has 0 saturated heterocycles. The molecule has 0 amide bonds. The molecular weight excluding hydrogens is 284 g/mol. The van der Waals surface area contributed by atoms with Crippen molar-refractivity contribution >= 4 is 5.69 Å². The van der Waals surface area contributed by atoms with Gasteiger partial charge in [0.05, 0.1) is 16.9 Å². The predicted molar refractivity (Wildman–Crippen MR) is 72.4 cm³/mol. The van der Waals surface area contributed by atoms with Crippen molar-refractivity contribution in [1.82, 2.24) is 4.98 Å². The van der Waals surface area contributed by atoms with Crippen molar-refractivity contribution in [1.29, 1.82) is 0 Å². The number of halogens is 4. The molecule has 0 unspecified atom stereocenters. The van der Waals surface area contributed by atoms with Crippen LogP contribution in [0.15, 0.2) is 30.3 Å². The van der Waals surface area contributed by atoms with E-state index in [1.165, 1.54) is 0 Å². The SMILES string of the molecule is Cc1ccc(NCc2cc(F)cc(C(F)(F)F)c2)c(C)n1. The summed E-state index contributed by atoms with van der Waals surface area (Å²) >= 11 is 0. The van der Waals surface area contributed by atoms with Crippen molar-refractivity contribution in [2.75, 3.05) is 5.32 Å². The lowest BCUT2D eigenvalue weighted by molar-refractivity contribution is -0.137. The third-order valence-corrected chi connectivity index (χ3v) is 2.99. The van der Waals surface area contributed by atoms with Crippen LogP contribution in [-0.4, -0.2) is 4.98 Å². The summed E-state index contributed by atoms with van der Waals surface area (Å²) in [4.78, 5) is 4.24. The predicted octanol–water partition coefficient (Wildman–Crippen LogP) is 4.47. The molecular formula is C15H14F4N2. The number of hydrogen-bond donors (Lipinski definition) is 1. The Morgan fingerprint density at radius 2 is 1.81 bits per heavy atom. The van der Waals surface area contributed by atoms with Gasteiger partial charge >= 0.3 is 6.18 Å². The van der Waals surface area contributed by atoms with Gasteiger partial charge in [-0.3, -0.25) is 4.98 Å². The smallest absolute Gasteiger partial charge is 0.379 e. The van der Waals surface area contributed by atoms with Gasteiger partial charge in [0.2, 0.25) is 0 Å². The maximum atomic E-state index is 13.3. The highest BCUT2D eigenvalue weighted by molar-refractivity contribution is 5.48. The van der Waals surface area contributed by atoms with E-state index in [0.717, 1.165) is 23.5 Å². The Labute approximate surface area is 119 Å². The van der Waals surface area contributed by atoms with Gasteiger partial charge in [-0.2, -0.15) is 13.2 Å². The number of benzene rings is 1. The highest BCUT2D eigenvalue weighted by atomic mass is 19.4. The Morgan fingerprint density at radius 3 is 2.43 bits per heavy atom. The van der Waals surface area contributed by atoms with Gasteiger partial charge < -0.3 is 5.32 Å². The molecule has 0 atom stereocenters. The zero-order chi connectivity index (χ0) is 15.6. The third kappa shape index (κ3) is 3.93. The van der Waals surface area contributed by atoms with E-state index in [1.807, 2.05) is 6.92 Å². The largest absolute Gasteiger partial charge is 0.416 e. The van der Waals surface area contributed by atoms with E-state index in [9.17, 15) is 17.6 Å². The lowest BCUT2D eigenvalue weighted by Crippen LogP contribution is -2.08. The Kier molecular flexibility index (Phi) is 4.16. The molecule has 0 fully saturated rings. The van der Waals surface area contributed by atoms with Crippen molar-refractivity contribution < 1.29 is 17.6 Å². The van der Waals surface area contributed by atoms with Gasteiger partial charge in [-0.1, -0.05) is 0 Å². The van der Waals surface area contributed by atoms with Crippen LogP contribution in [-0.2, 0) is 12.7 Å². The molecule has 0 radical (unpaired) electrons. The average Bonchev–Trinajstić information content (AvgIpc) is 2.36. The van der Waals surface area contributed by atoms with Gasteiger partial charge in [-0.05, 0) is 49.7 Å². The first-order valence-electron chi connectivity index (χ1n) is 6.30. The van der Waals surface area contributed by atoms with E-state index in [0.29, 0.717) is 11.8 Å². The fourth-order valence-electron chi connectivity index (χ4n) is 1.99. The molecule has 0 bridgehead atoms. The van der Waals surface area contributed by atoms with E-state index < -0.39 is 17.6 Å². The summed E-state index contributed by atoms with van der Waals surface area (Å²) in [6.45, 7) is 3.73. The molecule has 0 aliphatic carbocycles. The van der Waals surface area contributed by atoms with Gasteiger partial charge in [0, 0.05) is 12.2 Å². The second-order valence-corrected chi connectivity index (χ2v) is 4.79. The Hall–Kier alpha value is -2.11. The van der Waals surface area contributed by atoms with Crippen LogP contribution >= 0.6 is 0 Å². The van der Waals surface area contributed by atoms with Crippen LogP contribution in [0.25, 0.3) is 0 Å². The monoisotopic (exact) mass is 298 g/mol. The van der Waals surface area contributed by atoms with Crippen LogP contribution in [0.1, 0.15) is 22.5 Å². The minimum Gasteiger partial charge on any atom is -0.379 e. The first-order chi connectivity index (χ1) is 9.75. The molecule has 0 spiro atoms. The van der Waals surface area contributed by atoms with Crippen molar-refractivity contribution in [2.45, 2.75) is 26.6 Å². The number of aromatic nitrogens is 1. The fraction of sp³-hybridized carbons (Fsp3) is 0.267. The summed E-state index contributed by atoms with van der Waals surface area (Å²) in [5, 5.41) is 2.97. The first kappa shape index (κ1) is 15.3. The Bertz CT molecular complexity index is 651. The molecule has 21 heavy (non-hydrogen) atoms. The van der Waals surface area contributed by atoms with E-state index in [2.05, 4.69) is 10.3 Å². The average molecular weight is 298 g/mol. The van der Waals surface area contributed by atoms with Crippen molar-refractivity contribution in [3.63, 3.8) is 0 Å². The van der Waals surface area contributed by atoms with Crippen LogP contribution in [0.3, 0.4) is 0 Å². The summed E-state index contributed by atoms with van der Waals surface area (Å²) in [7, 11) is 0. The lowest BCUT2D eigenvalue weighted by atomic mass is 10.1. The third-order valence-electron chi connectivity index (χ3n) is 2.99. The Morgan fingerprint density at radius 1 is 1.10 bits per heavy atom. The minimum atomic E-state index is -4.56. The quantitative estimate of drug-likeness (QED) is 0.846. The minimum absolute atomic E-state index is 0.0897. The highest BCUT2D eigenvalue weighted by Gasteiger charge is 2.31. The second-order valence-electron chi connectivity index (χ2n) is 4.79. The fourth-order valence-corrected chi connectivity index (χ4v) is 1.99. The molecule has 6 heteroatoms. The molecule has 112 valence electrons. The van der Waals surface area contributed by atoms with E-state index in [4.69, 9.17) is 0 Å². The van der Waals surface area contributed by atoms with E-state index in [1.54, 1.807) is 19.1 Å². The number of rotatable bonds is 3. The van der Waals surface area contributed by atoms with Gasteiger partial charge in [-0.15, -0.1) is 0 Å². The normalized spacial score (nSPS) is 11.5. The van der Waals surface area contributed by atoms with Crippen molar-refractivity contribution in [3.05, 3.63) is 58.7 Å². The van der Waals surface area contributed by atoms with Gasteiger partial charge in [0.25, 0.3) is 0 Å². The highest BCUT2D eigenvalue weighted by Crippen LogP contribution is 2.30. The zero-order valence-electron chi connectivity index (χ0n) is 11.6. The standard InChI is InChI=1S/C15H14F4N2/c1-9-3-4-14(10(2)21-9)20-8-11-5-12(15(17,18)19)7-13(16)6-11/h3-7,20H,8H2,1-2H3. The zero-order valence-corrected chi connectivity index (χ0v) is 11.6. The topological polar surface area (TPSA) is 24.9 Å². The number of nitrogens with one attached hydrogen (secondary N) is 1. The van der Waals surface area contributed by atoms with Crippen molar-refractivity contribution in [2.24, 2.45) is 0 Å². The number of aryl methyl sites for hydroxylation is 2. The summed E-state index contributed by atoms with van der Waals surface area (Å²) < 4.78 is 51.1. The molecule has 2 nitrogen and oxygen atoms in total.